The minimum atomic E-state index is -3.15. The number of aromatic nitrogens is 2. The molecule has 0 bridgehead atoms. The molecule has 8 heteroatoms. The van der Waals surface area contributed by atoms with Gasteiger partial charge in [-0.25, -0.2) is 18.1 Å². The molecule has 1 fully saturated rings. The van der Waals surface area contributed by atoms with Crippen molar-refractivity contribution in [2.75, 3.05) is 12.9 Å². The van der Waals surface area contributed by atoms with E-state index in [0.717, 1.165) is 42.3 Å². The maximum atomic E-state index is 11.6. The van der Waals surface area contributed by atoms with Gasteiger partial charge in [0.05, 0.1) is 18.4 Å². The number of fused-ring (bicyclic) bond motifs is 1. The van der Waals surface area contributed by atoms with Crippen LogP contribution in [0.1, 0.15) is 32.6 Å². The first-order chi connectivity index (χ1) is 12.0. The molecule has 1 aromatic carbocycles. The van der Waals surface area contributed by atoms with Crippen molar-refractivity contribution in [3.63, 3.8) is 0 Å². The van der Waals surface area contributed by atoms with E-state index < -0.39 is 10.0 Å². The zero-order chi connectivity index (χ0) is 17.9. The van der Waals surface area contributed by atoms with Gasteiger partial charge in [-0.2, -0.15) is 4.98 Å². The zero-order valence-corrected chi connectivity index (χ0v) is 15.3. The van der Waals surface area contributed by atoms with Gasteiger partial charge in [-0.3, -0.25) is 0 Å². The predicted molar refractivity (Wildman–Crippen MR) is 95.4 cm³/mol. The van der Waals surface area contributed by atoms with Gasteiger partial charge in [0.25, 0.3) is 0 Å². The van der Waals surface area contributed by atoms with Crippen LogP contribution in [0.2, 0.25) is 0 Å². The highest BCUT2D eigenvalue weighted by Crippen LogP contribution is 2.24. The third kappa shape index (κ3) is 4.58. The molecule has 0 spiro atoms. The van der Waals surface area contributed by atoms with Gasteiger partial charge in [0, 0.05) is 23.7 Å². The Kier molecular flexibility index (Phi) is 5.39. The van der Waals surface area contributed by atoms with Crippen molar-refractivity contribution in [1.29, 1.82) is 0 Å². The van der Waals surface area contributed by atoms with Crippen LogP contribution in [0.3, 0.4) is 0 Å². The Labute approximate surface area is 147 Å². The van der Waals surface area contributed by atoms with Crippen molar-refractivity contribution in [2.45, 2.75) is 44.8 Å². The number of benzene rings is 1. The summed E-state index contributed by atoms with van der Waals surface area (Å²) in [6, 6.07) is 5.96. The Morgan fingerprint density at radius 3 is 2.68 bits per heavy atom. The number of rotatable bonds is 6. The summed E-state index contributed by atoms with van der Waals surface area (Å²) in [6.07, 6.45) is 4.80. The average Bonchev–Trinajstić information content (AvgIpc) is 2.62. The van der Waals surface area contributed by atoms with Crippen LogP contribution in [0.25, 0.3) is 10.9 Å². The lowest BCUT2D eigenvalue weighted by Crippen LogP contribution is -2.40. The molecule has 0 radical (unpaired) electrons. The summed E-state index contributed by atoms with van der Waals surface area (Å²) in [4.78, 5) is 8.71. The first-order valence-corrected chi connectivity index (χ1v) is 10.1. The normalized spacial score (nSPS) is 21.2. The van der Waals surface area contributed by atoms with Gasteiger partial charge in [-0.15, -0.1) is 0 Å². The molecule has 1 aromatic heterocycles. The van der Waals surface area contributed by atoms with E-state index in [1.807, 2.05) is 18.2 Å². The van der Waals surface area contributed by atoms with Crippen molar-refractivity contribution in [2.24, 2.45) is 0 Å². The third-order valence-corrected chi connectivity index (χ3v) is 5.89. The van der Waals surface area contributed by atoms with Crippen LogP contribution in [-0.2, 0) is 10.0 Å². The lowest BCUT2D eigenvalue weighted by molar-refractivity contribution is 0.132. The molecule has 1 aliphatic rings. The molecule has 1 saturated carbocycles. The Morgan fingerprint density at radius 2 is 2.00 bits per heavy atom. The van der Waals surface area contributed by atoms with E-state index in [1.54, 1.807) is 20.2 Å². The topological polar surface area (TPSA) is 90.4 Å². The van der Waals surface area contributed by atoms with Crippen molar-refractivity contribution >= 4 is 20.9 Å². The van der Waals surface area contributed by atoms with Gasteiger partial charge in [0.1, 0.15) is 11.9 Å². The second kappa shape index (κ2) is 7.53. The van der Waals surface area contributed by atoms with Gasteiger partial charge < -0.3 is 9.47 Å². The van der Waals surface area contributed by atoms with Crippen LogP contribution in [0.15, 0.2) is 24.4 Å². The second-order valence-electron chi connectivity index (χ2n) is 6.19. The van der Waals surface area contributed by atoms with Gasteiger partial charge in [0.15, 0.2) is 0 Å². The summed E-state index contributed by atoms with van der Waals surface area (Å²) in [5.74, 6) is 0.846. The molecule has 0 aliphatic heterocycles. The number of hydrogen-bond acceptors (Lipinski definition) is 6. The molecule has 25 heavy (non-hydrogen) atoms. The van der Waals surface area contributed by atoms with Gasteiger partial charge in [-0.1, -0.05) is 0 Å². The molecule has 1 aliphatic carbocycles. The molecule has 0 atom stereocenters. The van der Waals surface area contributed by atoms with Crippen LogP contribution in [0, 0.1) is 0 Å². The molecular formula is C17H23N3O4S. The lowest BCUT2D eigenvalue weighted by Gasteiger charge is -2.28. The van der Waals surface area contributed by atoms with Crippen LogP contribution in [-0.4, -0.2) is 43.4 Å². The van der Waals surface area contributed by atoms with Gasteiger partial charge in [0.2, 0.25) is 10.0 Å². The fourth-order valence-electron chi connectivity index (χ4n) is 2.95. The summed E-state index contributed by atoms with van der Waals surface area (Å²) < 4.78 is 37.1. The van der Waals surface area contributed by atoms with Crippen molar-refractivity contribution in [3.05, 3.63) is 24.4 Å². The first-order valence-electron chi connectivity index (χ1n) is 8.46. The SMILES string of the molecule is CCS(=O)(=O)NC1CCC(Oc2ncc3ccc(OC)cc3n2)CC1. The van der Waals surface area contributed by atoms with E-state index in [-0.39, 0.29) is 17.9 Å². The van der Waals surface area contributed by atoms with Crippen molar-refractivity contribution in [3.8, 4) is 11.8 Å². The lowest BCUT2D eigenvalue weighted by atomic mass is 9.94. The number of sulfonamides is 1. The summed E-state index contributed by atoms with van der Waals surface area (Å²) in [5.41, 5.74) is 0.772. The Bertz CT molecular complexity index is 833. The van der Waals surface area contributed by atoms with E-state index in [0.29, 0.717) is 6.01 Å². The molecule has 1 N–H and O–H groups in total. The summed E-state index contributed by atoms with van der Waals surface area (Å²) in [6.45, 7) is 1.64. The van der Waals surface area contributed by atoms with Crippen LogP contribution < -0.4 is 14.2 Å². The molecule has 2 aromatic rings. The van der Waals surface area contributed by atoms with Crippen molar-refractivity contribution in [1.82, 2.24) is 14.7 Å². The van der Waals surface area contributed by atoms with E-state index in [4.69, 9.17) is 9.47 Å². The highest BCUT2D eigenvalue weighted by atomic mass is 32.2. The summed E-state index contributed by atoms with van der Waals surface area (Å²) >= 11 is 0. The maximum Gasteiger partial charge on any atom is 0.317 e. The van der Waals surface area contributed by atoms with Crippen LogP contribution in [0.4, 0.5) is 0 Å². The maximum absolute atomic E-state index is 11.6. The minimum Gasteiger partial charge on any atom is -0.497 e. The molecular weight excluding hydrogens is 342 g/mol. The Balaban J connectivity index is 1.61. The van der Waals surface area contributed by atoms with Gasteiger partial charge in [-0.05, 0) is 44.7 Å². The molecule has 0 saturated heterocycles. The number of hydrogen-bond donors (Lipinski definition) is 1. The third-order valence-electron chi connectivity index (χ3n) is 4.44. The highest BCUT2D eigenvalue weighted by molar-refractivity contribution is 7.89. The number of methoxy groups -OCH3 is 1. The summed E-state index contributed by atoms with van der Waals surface area (Å²) in [7, 11) is -1.54. The first kappa shape index (κ1) is 17.9. The number of nitrogens with zero attached hydrogens (tertiary/aromatic N) is 2. The quantitative estimate of drug-likeness (QED) is 0.844. The predicted octanol–water partition coefficient (Wildman–Crippen LogP) is 2.27. The number of nitrogens with one attached hydrogen (secondary N) is 1. The van der Waals surface area contributed by atoms with E-state index in [1.165, 1.54) is 0 Å². The highest BCUT2D eigenvalue weighted by Gasteiger charge is 2.25. The zero-order valence-electron chi connectivity index (χ0n) is 14.4. The monoisotopic (exact) mass is 365 g/mol. The largest absolute Gasteiger partial charge is 0.497 e. The molecule has 0 amide bonds. The Hall–Kier alpha value is -1.93. The Morgan fingerprint density at radius 1 is 1.24 bits per heavy atom. The number of ether oxygens (including phenoxy) is 2. The summed E-state index contributed by atoms with van der Waals surface area (Å²) in [5, 5.41) is 0.922. The minimum absolute atomic E-state index is 0.00504. The van der Waals surface area contributed by atoms with E-state index >= 15 is 0 Å². The van der Waals surface area contributed by atoms with Crippen LogP contribution >= 0.6 is 0 Å². The smallest absolute Gasteiger partial charge is 0.317 e. The molecule has 0 unspecified atom stereocenters. The van der Waals surface area contributed by atoms with Gasteiger partial charge >= 0.3 is 6.01 Å². The fourth-order valence-corrected chi connectivity index (χ4v) is 3.87. The molecule has 3 rings (SSSR count). The average molecular weight is 365 g/mol. The van der Waals surface area contributed by atoms with Crippen LogP contribution in [0.5, 0.6) is 11.8 Å². The fraction of sp³-hybridized carbons (Fsp3) is 0.529. The molecule has 1 heterocycles. The van der Waals surface area contributed by atoms with E-state index in [2.05, 4.69) is 14.7 Å². The second-order valence-corrected chi connectivity index (χ2v) is 8.23. The molecule has 7 nitrogen and oxygen atoms in total. The standard InChI is InChI=1S/C17H23N3O4S/c1-3-25(21,22)20-13-5-8-14(9-6-13)24-17-18-11-12-4-7-15(23-2)10-16(12)19-17/h4,7,10-11,13-14,20H,3,5-6,8-9H2,1-2H3. The van der Waals surface area contributed by atoms with Crippen molar-refractivity contribution < 1.29 is 17.9 Å². The molecule has 136 valence electrons. The van der Waals surface area contributed by atoms with E-state index in [9.17, 15) is 8.42 Å².